The molecule has 0 saturated carbocycles. The van der Waals surface area contributed by atoms with Crippen LogP contribution in [0.15, 0.2) is 76.1 Å². The number of aromatic nitrogens is 1. The first kappa shape index (κ1) is 21.3. The second-order valence-electron chi connectivity index (χ2n) is 6.42. The quantitative estimate of drug-likeness (QED) is 0.369. The molecule has 0 radical (unpaired) electrons. The van der Waals surface area contributed by atoms with Crippen molar-refractivity contribution in [3.63, 3.8) is 0 Å². The molecule has 10 heteroatoms. The lowest BCUT2D eigenvalue weighted by Crippen LogP contribution is -2.14. The molecule has 3 aromatic carbocycles. The average molecular weight is 518 g/mol. The molecule has 4 aromatic rings. The molecule has 0 aliphatic rings. The van der Waals surface area contributed by atoms with Crippen molar-refractivity contribution in [2.24, 2.45) is 0 Å². The van der Waals surface area contributed by atoms with Crippen LogP contribution in [0.5, 0.6) is 5.75 Å². The van der Waals surface area contributed by atoms with E-state index in [9.17, 15) is 13.2 Å². The van der Waals surface area contributed by atoms with E-state index in [2.05, 4.69) is 31.0 Å². The van der Waals surface area contributed by atoms with Crippen molar-refractivity contribution in [3.8, 4) is 5.75 Å². The molecule has 0 saturated heterocycles. The number of nitrogens with zero attached hydrogens (tertiary/aromatic N) is 1. The zero-order chi connectivity index (χ0) is 22.0. The Bertz CT molecular complexity index is 1350. The van der Waals surface area contributed by atoms with Crippen molar-refractivity contribution in [1.82, 2.24) is 4.98 Å². The minimum Gasteiger partial charge on any atom is -0.497 e. The van der Waals surface area contributed by atoms with Gasteiger partial charge in [-0.1, -0.05) is 17.4 Å². The summed E-state index contributed by atoms with van der Waals surface area (Å²) in [4.78, 5) is 17.1. The number of hydrogen-bond donors (Lipinski definition) is 2. The van der Waals surface area contributed by atoms with E-state index in [0.29, 0.717) is 22.1 Å². The van der Waals surface area contributed by atoms with E-state index >= 15 is 0 Å². The molecule has 158 valence electrons. The van der Waals surface area contributed by atoms with Crippen LogP contribution in [0.25, 0.3) is 10.2 Å². The van der Waals surface area contributed by atoms with Crippen molar-refractivity contribution >= 4 is 64.2 Å². The Labute approximate surface area is 191 Å². The van der Waals surface area contributed by atoms with Crippen LogP contribution in [0.3, 0.4) is 0 Å². The van der Waals surface area contributed by atoms with Gasteiger partial charge in [0.15, 0.2) is 5.13 Å². The number of carbonyl (C=O) groups excluding carboxylic acids is 1. The van der Waals surface area contributed by atoms with Gasteiger partial charge in [-0.25, -0.2) is 13.4 Å². The summed E-state index contributed by atoms with van der Waals surface area (Å²) in [6, 6.07) is 17.9. The van der Waals surface area contributed by atoms with E-state index in [0.717, 1.165) is 14.7 Å². The Morgan fingerprint density at radius 1 is 1.03 bits per heavy atom. The monoisotopic (exact) mass is 517 g/mol. The number of nitrogens with one attached hydrogen (secondary N) is 2. The highest BCUT2D eigenvalue weighted by Gasteiger charge is 2.15. The summed E-state index contributed by atoms with van der Waals surface area (Å²) >= 11 is 4.82. The number of sulfonamides is 1. The van der Waals surface area contributed by atoms with Crippen molar-refractivity contribution in [2.75, 3.05) is 17.1 Å². The third-order valence-corrected chi connectivity index (χ3v) is 7.33. The third kappa shape index (κ3) is 4.71. The number of thiazole rings is 1. The lowest BCUT2D eigenvalue weighted by molar-refractivity contribution is 0.102. The van der Waals surface area contributed by atoms with E-state index in [1.165, 1.54) is 42.7 Å². The number of amides is 1. The number of rotatable bonds is 6. The first-order valence-electron chi connectivity index (χ1n) is 8.99. The first-order valence-corrected chi connectivity index (χ1v) is 12.1. The van der Waals surface area contributed by atoms with E-state index in [1.807, 2.05) is 18.2 Å². The number of anilines is 2. The summed E-state index contributed by atoms with van der Waals surface area (Å²) in [5, 5.41) is 3.26. The highest BCUT2D eigenvalue weighted by molar-refractivity contribution is 9.10. The number of carbonyl (C=O) groups is 1. The van der Waals surface area contributed by atoms with Gasteiger partial charge in [0.2, 0.25) is 0 Å². The van der Waals surface area contributed by atoms with Gasteiger partial charge in [0, 0.05) is 15.7 Å². The van der Waals surface area contributed by atoms with Crippen molar-refractivity contribution < 1.29 is 17.9 Å². The van der Waals surface area contributed by atoms with Crippen LogP contribution in [0.1, 0.15) is 10.4 Å². The molecule has 0 fully saturated rings. The third-order valence-electron chi connectivity index (χ3n) is 4.36. The molecule has 0 aliphatic heterocycles. The second-order valence-corrected chi connectivity index (χ2v) is 9.99. The number of methoxy groups -OCH3 is 1. The van der Waals surface area contributed by atoms with Gasteiger partial charge >= 0.3 is 0 Å². The molecular weight excluding hydrogens is 502 g/mol. The molecular formula is C21H16BrN3O4S2. The molecule has 7 nitrogen and oxygen atoms in total. The van der Waals surface area contributed by atoms with Gasteiger partial charge in [-0.05, 0) is 76.6 Å². The molecule has 1 aromatic heterocycles. The fourth-order valence-corrected chi connectivity index (χ4v) is 5.33. The van der Waals surface area contributed by atoms with E-state index in [4.69, 9.17) is 4.74 Å². The van der Waals surface area contributed by atoms with Crippen LogP contribution in [0, 0.1) is 0 Å². The van der Waals surface area contributed by atoms with Crippen LogP contribution < -0.4 is 14.8 Å². The molecule has 1 heterocycles. The standard InChI is InChI=1S/C21H16BrN3O4S2/c1-29-15-9-11-16(12-10-15)31(27,28)25-14-7-5-13(6-8-14)20(26)24-21-23-19-17(22)3-2-4-18(19)30-21/h2-12,25H,1H3,(H,23,24,26). The first-order chi connectivity index (χ1) is 14.9. The Morgan fingerprint density at radius 3 is 2.39 bits per heavy atom. The fraction of sp³-hybridized carbons (Fsp3) is 0.0476. The highest BCUT2D eigenvalue weighted by Crippen LogP contribution is 2.31. The van der Waals surface area contributed by atoms with Gasteiger partial charge in [-0.15, -0.1) is 0 Å². The van der Waals surface area contributed by atoms with Gasteiger partial charge in [0.25, 0.3) is 15.9 Å². The number of fused-ring (bicyclic) bond motifs is 1. The predicted molar refractivity (Wildman–Crippen MR) is 126 cm³/mol. The maximum absolute atomic E-state index is 12.5. The summed E-state index contributed by atoms with van der Waals surface area (Å²) in [5.74, 6) is 0.231. The molecule has 31 heavy (non-hydrogen) atoms. The smallest absolute Gasteiger partial charge is 0.261 e. The zero-order valence-corrected chi connectivity index (χ0v) is 19.3. The largest absolute Gasteiger partial charge is 0.497 e. The minimum atomic E-state index is -3.76. The summed E-state index contributed by atoms with van der Waals surface area (Å²) in [5.41, 5.74) is 1.51. The molecule has 0 atom stereocenters. The highest BCUT2D eigenvalue weighted by atomic mass is 79.9. The molecule has 2 N–H and O–H groups in total. The van der Waals surface area contributed by atoms with Crippen molar-refractivity contribution in [2.45, 2.75) is 4.90 Å². The molecule has 0 spiro atoms. The Balaban J connectivity index is 1.46. The SMILES string of the molecule is COc1ccc(S(=O)(=O)Nc2ccc(C(=O)Nc3nc4c(Br)cccc4s3)cc2)cc1. The Morgan fingerprint density at radius 2 is 1.74 bits per heavy atom. The van der Waals surface area contributed by atoms with Crippen molar-refractivity contribution in [3.05, 3.63) is 76.8 Å². The van der Waals surface area contributed by atoms with E-state index < -0.39 is 10.0 Å². The van der Waals surface area contributed by atoms with Crippen LogP contribution in [-0.4, -0.2) is 26.4 Å². The maximum atomic E-state index is 12.5. The van der Waals surface area contributed by atoms with Crippen molar-refractivity contribution in [1.29, 1.82) is 0 Å². The zero-order valence-electron chi connectivity index (χ0n) is 16.1. The number of benzene rings is 3. The number of halogens is 1. The van der Waals surface area contributed by atoms with Gasteiger partial charge in [0.05, 0.1) is 22.2 Å². The van der Waals surface area contributed by atoms with Gasteiger partial charge in [-0.3, -0.25) is 14.8 Å². The molecule has 0 unspecified atom stereocenters. The summed E-state index contributed by atoms with van der Waals surface area (Å²) in [6.45, 7) is 0. The van der Waals surface area contributed by atoms with Gasteiger partial charge < -0.3 is 4.74 Å². The fourth-order valence-electron chi connectivity index (χ4n) is 2.80. The normalized spacial score (nSPS) is 11.3. The molecule has 4 rings (SSSR count). The predicted octanol–water partition coefficient (Wildman–Crippen LogP) is 5.12. The summed E-state index contributed by atoms with van der Waals surface area (Å²) in [7, 11) is -2.25. The number of ether oxygens (including phenoxy) is 1. The number of hydrogen-bond acceptors (Lipinski definition) is 6. The average Bonchev–Trinajstić information content (AvgIpc) is 3.18. The molecule has 1 amide bonds. The molecule has 0 bridgehead atoms. The second kappa shape index (κ2) is 8.66. The summed E-state index contributed by atoms with van der Waals surface area (Å²) < 4.78 is 34.4. The van der Waals surface area contributed by atoms with Crippen LogP contribution in [0.4, 0.5) is 10.8 Å². The lowest BCUT2D eigenvalue weighted by Gasteiger charge is -2.09. The minimum absolute atomic E-state index is 0.108. The van der Waals surface area contributed by atoms with Gasteiger partial charge in [0.1, 0.15) is 5.75 Å². The van der Waals surface area contributed by atoms with E-state index in [-0.39, 0.29) is 10.8 Å². The van der Waals surface area contributed by atoms with E-state index in [1.54, 1.807) is 24.3 Å². The molecule has 0 aliphatic carbocycles. The van der Waals surface area contributed by atoms with Gasteiger partial charge in [-0.2, -0.15) is 0 Å². The Kier molecular flexibility index (Phi) is 5.94. The number of para-hydroxylation sites is 1. The van der Waals surface area contributed by atoms with Crippen LogP contribution in [-0.2, 0) is 10.0 Å². The van der Waals surface area contributed by atoms with Crippen LogP contribution >= 0.6 is 27.3 Å². The van der Waals surface area contributed by atoms with Crippen LogP contribution in [0.2, 0.25) is 0 Å². The topological polar surface area (TPSA) is 97.4 Å². The maximum Gasteiger partial charge on any atom is 0.261 e. The Hall–Kier alpha value is -2.95. The summed E-state index contributed by atoms with van der Waals surface area (Å²) in [6.07, 6.45) is 0. The lowest BCUT2D eigenvalue weighted by atomic mass is 10.2.